The highest BCUT2D eigenvalue weighted by Gasteiger charge is 2.47. The molecule has 1 aromatic rings. The monoisotopic (exact) mass is 383 g/mol. The van der Waals surface area contributed by atoms with Gasteiger partial charge < -0.3 is 10.0 Å². The van der Waals surface area contributed by atoms with Gasteiger partial charge >= 0.3 is 5.97 Å². The molecular formula is C16H18BrNO3S. The number of hydrogen-bond donors (Lipinski definition) is 1. The number of carboxylic acid groups (broad SMARTS) is 1. The predicted molar refractivity (Wildman–Crippen MR) is 90.1 cm³/mol. The van der Waals surface area contributed by atoms with Gasteiger partial charge in [-0.05, 0) is 30.0 Å². The van der Waals surface area contributed by atoms with Crippen molar-refractivity contribution in [3.63, 3.8) is 0 Å². The molecule has 1 saturated heterocycles. The molecule has 1 aliphatic heterocycles. The van der Waals surface area contributed by atoms with Crippen molar-refractivity contribution in [3.8, 4) is 0 Å². The molecule has 1 heterocycles. The molecule has 1 N–H and O–H groups in total. The first-order valence-electron chi connectivity index (χ1n) is 7.41. The van der Waals surface area contributed by atoms with E-state index in [2.05, 4.69) is 28.1 Å². The molecule has 0 bridgehead atoms. The molecule has 2 fully saturated rings. The molecule has 3 unspecified atom stereocenters. The summed E-state index contributed by atoms with van der Waals surface area (Å²) in [6, 6.07) is 7.94. The van der Waals surface area contributed by atoms with Gasteiger partial charge in [-0.3, -0.25) is 9.59 Å². The van der Waals surface area contributed by atoms with Crippen LogP contribution in [-0.2, 0) is 9.59 Å². The molecule has 0 aromatic heterocycles. The quantitative estimate of drug-likeness (QED) is 0.867. The van der Waals surface area contributed by atoms with E-state index in [1.807, 2.05) is 17.0 Å². The molecule has 1 amide bonds. The first-order valence-corrected chi connectivity index (χ1v) is 9.36. The minimum absolute atomic E-state index is 0.0219. The molecule has 4 nitrogen and oxygen atoms in total. The number of nitrogens with zero attached hydrogens (tertiary/aromatic N) is 1. The lowest BCUT2D eigenvalue weighted by Gasteiger charge is -2.35. The van der Waals surface area contributed by atoms with E-state index in [0.29, 0.717) is 6.54 Å². The number of thioether (sulfide) groups is 1. The summed E-state index contributed by atoms with van der Waals surface area (Å²) in [7, 11) is 0. The Hall–Kier alpha value is -1.01. The zero-order valence-corrected chi connectivity index (χ0v) is 14.5. The number of carbonyl (C=O) groups excluding carboxylic acids is 1. The zero-order chi connectivity index (χ0) is 15.7. The number of halogens is 1. The average Bonchev–Trinajstić information content (AvgIpc) is 3.27. The van der Waals surface area contributed by atoms with Gasteiger partial charge in [-0.2, -0.15) is 11.8 Å². The Labute approximate surface area is 142 Å². The summed E-state index contributed by atoms with van der Waals surface area (Å²) in [6.45, 7) is 0.670. The number of aliphatic carboxylic acids is 1. The summed E-state index contributed by atoms with van der Waals surface area (Å²) in [4.78, 5) is 25.5. The van der Waals surface area contributed by atoms with Crippen molar-refractivity contribution in [2.45, 2.75) is 24.8 Å². The van der Waals surface area contributed by atoms with E-state index in [1.54, 1.807) is 11.8 Å². The third-order valence-corrected chi connectivity index (χ3v) is 5.89. The van der Waals surface area contributed by atoms with Crippen molar-refractivity contribution in [1.29, 1.82) is 0 Å². The Morgan fingerprint density at radius 1 is 1.41 bits per heavy atom. The van der Waals surface area contributed by atoms with E-state index in [-0.39, 0.29) is 30.2 Å². The van der Waals surface area contributed by atoms with Crippen LogP contribution in [0.3, 0.4) is 0 Å². The SMILES string of the molecule is O=C(O)CC1CSCCN1C(=O)C1CC1c1cccc(Br)c1. The van der Waals surface area contributed by atoms with Gasteiger partial charge in [0.2, 0.25) is 5.91 Å². The second-order valence-electron chi connectivity index (χ2n) is 5.86. The van der Waals surface area contributed by atoms with Crippen LogP contribution in [0.2, 0.25) is 0 Å². The van der Waals surface area contributed by atoms with Gasteiger partial charge in [0.25, 0.3) is 0 Å². The Morgan fingerprint density at radius 3 is 2.95 bits per heavy atom. The third-order valence-electron chi connectivity index (χ3n) is 4.31. The van der Waals surface area contributed by atoms with Gasteiger partial charge in [-0.15, -0.1) is 0 Å². The summed E-state index contributed by atoms with van der Waals surface area (Å²) in [5, 5.41) is 9.03. The predicted octanol–water partition coefficient (Wildman–Crippen LogP) is 2.97. The minimum atomic E-state index is -0.829. The van der Waals surface area contributed by atoms with E-state index in [9.17, 15) is 9.59 Å². The van der Waals surface area contributed by atoms with Crippen LogP contribution >= 0.6 is 27.7 Å². The van der Waals surface area contributed by atoms with Gasteiger partial charge in [0, 0.05) is 28.4 Å². The Bertz CT molecular complexity index is 595. The minimum Gasteiger partial charge on any atom is -0.481 e. The topological polar surface area (TPSA) is 57.6 Å². The highest BCUT2D eigenvalue weighted by molar-refractivity contribution is 9.10. The maximum absolute atomic E-state index is 12.7. The Morgan fingerprint density at radius 2 is 2.23 bits per heavy atom. The maximum atomic E-state index is 12.7. The largest absolute Gasteiger partial charge is 0.481 e. The van der Waals surface area contributed by atoms with Crippen LogP contribution in [0.4, 0.5) is 0 Å². The fourth-order valence-corrected chi connectivity index (χ4v) is 4.58. The molecule has 0 radical (unpaired) electrons. The molecule has 1 aliphatic carbocycles. The summed E-state index contributed by atoms with van der Waals surface area (Å²) < 4.78 is 1.03. The summed E-state index contributed by atoms with van der Waals surface area (Å²) in [5.74, 6) is 1.24. The average molecular weight is 384 g/mol. The Balaban J connectivity index is 1.67. The number of carboxylic acids is 1. The fourth-order valence-electron chi connectivity index (χ4n) is 3.10. The van der Waals surface area contributed by atoms with Gasteiger partial charge in [-0.25, -0.2) is 0 Å². The summed E-state index contributed by atoms with van der Waals surface area (Å²) in [5.41, 5.74) is 1.19. The van der Waals surface area contributed by atoms with Gasteiger partial charge in [0.05, 0.1) is 12.5 Å². The number of benzene rings is 1. The van der Waals surface area contributed by atoms with Crippen molar-refractivity contribution in [1.82, 2.24) is 4.90 Å². The molecule has 3 atom stereocenters. The van der Waals surface area contributed by atoms with E-state index >= 15 is 0 Å². The van der Waals surface area contributed by atoms with E-state index < -0.39 is 5.97 Å². The summed E-state index contributed by atoms with van der Waals surface area (Å²) >= 11 is 5.20. The molecular weight excluding hydrogens is 366 g/mol. The van der Waals surface area contributed by atoms with Crippen molar-refractivity contribution in [2.75, 3.05) is 18.1 Å². The van der Waals surface area contributed by atoms with E-state index in [4.69, 9.17) is 5.11 Å². The van der Waals surface area contributed by atoms with Gasteiger partial charge in [-0.1, -0.05) is 28.1 Å². The molecule has 1 aromatic carbocycles. The second kappa shape index (κ2) is 6.62. The lowest BCUT2D eigenvalue weighted by Crippen LogP contribution is -2.47. The number of hydrogen-bond acceptors (Lipinski definition) is 3. The molecule has 1 saturated carbocycles. The second-order valence-corrected chi connectivity index (χ2v) is 7.93. The van der Waals surface area contributed by atoms with Crippen LogP contribution in [0, 0.1) is 5.92 Å². The van der Waals surface area contributed by atoms with E-state index in [0.717, 1.165) is 22.4 Å². The molecule has 6 heteroatoms. The number of carbonyl (C=O) groups is 2. The van der Waals surface area contributed by atoms with Crippen LogP contribution < -0.4 is 0 Å². The molecule has 2 aliphatic rings. The van der Waals surface area contributed by atoms with Crippen LogP contribution in [-0.4, -0.2) is 46.0 Å². The van der Waals surface area contributed by atoms with Crippen molar-refractivity contribution < 1.29 is 14.7 Å². The van der Waals surface area contributed by atoms with Gasteiger partial charge in [0.1, 0.15) is 0 Å². The normalized spacial score (nSPS) is 27.5. The molecule has 22 heavy (non-hydrogen) atoms. The van der Waals surface area contributed by atoms with Crippen LogP contribution in [0.15, 0.2) is 28.7 Å². The highest BCUT2D eigenvalue weighted by Crippen LogP contribution is 2.49. The lowest BCUT2D eigenvalue weighted by atomic mass is 10.1. The van der Waals surface area contributed by atoms with E-state index in [1.165, 1.54) is 5.56 Å². The first-order chi connectivity index (χ1) is 10.6. The molecule has 0 spiro atoms. The van der Waals surface area contributed by atoms with Crippen molar-refractivity contribution in [3.05, 3.63) is 34.3 Å². The Kier molecular flexibility index (Phi) is 4.78. The number of amides is 1. The summed E-state index contributed by atoms with van der Waals surface area (Å²) in [6.07, 6.45) is 0.922. The van der Waals surface area contributed by atoms with Crippen molar-refractivity contribution >= 4 is 39.6 Å². The smallest absolute Gasteiger partial charge is 0.305 e. The zero-order valence-electron chi connectivity index (χ0n) is 12.1. The first kappa shape index (κ1) is 15.9. The third kappa shape index (κ3) is 3.49. The number of rotatable bonds is 4. The van der Waals surface area contributed by atoms with Crippen molar-refractivity contribution in [2.24, 2.45) is 5.92 Å². The molecule has 118 valence electrons. The standard InChI is InChI=1S/C16H18BrNO3S/c17-11-3-1-2-10(6-11)13-8-14(13)16(21)18-4-5-22-9-12(18)7-15(19)20/h1-3,6,12-14H,4-5,7-9H2,(H,19,20). The van der Waals surface area contributed by atoms with Crippen LogP contribution in [0.25, 0.3) is 0 Å². The van der Waals surface area contributed by atoms with Crippen LogP contribution in [0.5, 0.6) is 0 Å². The molecule has 3 rings (SSSR count). The van der Waals surface area contributed by atoms with Crippen LogP contribution in [0.1, 0.15) is 24.3 Å². The van der Waals surface area contributed by atoms with Gasteiger partial charge in [0.15, 0.2) is 0 Å². The lowest BCUT2D eigenvalue weighted by molar-refractivity contribution is -0.140. The maximum Gasteiger partial charge on any atom is 0.305 e. The fraction of sp³-hybridized carbons (Fsp3) is 0.500. The highest BCUT2D eigenvalue weighted by atomic mass is 79.9.